The highest BCUT2D eigenvalue weighted by molar-refractivity contribution is 5.68. The van der Waals surface area contributed by atoms with Crippen molar-refractivity contribution in [2.45, 2.75) is 6.92 Å². The van der Waals surface area contributed by atoms with Gasteiger partial charge in [0.1, 0.15) is 17.5 Å². The number of nitrogen functional groups attached to an aromatic ring is 1. The van der Waals surface area contributed by atoms with Gasteiger partial charge in [-0.3, -0.25) is 0 Å². The lowest BCUT2D eigenvalue weighted by molar-refractivity contribution is 0.603. The van der Waals surface area contributed by atoms with Crippen molar-refractivity contribution in [2.24, 2.45) is 0 Å². The standard InChI is InChI=1S/C12H10F2N2/c1-7-4-12(15)16-6-10(7)9-5-8(13)2-3-11(9)14/h2-6H,1H3,(H2,15,16). The summed E-state index contributed by atoms with van der Waals surface area (Å²) in [6.45, 7) is 1.78. The van der Waals surface area contributed by atoms with Crippen molar-refractivity contribution in [3.8, 4) is 11.1 Å². The van der Waals surface area contributed by atoms with Gasteiger partial charge in [0.05, 0.1) is 0 Å². The molecule has 2 aromatic rings. The molecule has 82 valence electrons. The van der Waals surface area contributed by atoms with Crippen LogP contribution in [-0.4, -0.2) is 4.98 Å². The average Bonchev–Trinajstić information content (AvgIpc) is 2.22. The Balaban J connectivity index is 2.62. The van der Waals surface area contributed by atoms with E-state index < -0.39 is 11.6 Å². The van der Waals surface area contributed by atoms with Crippen LogP contribution in [0.4, 0.5) is 14.6 Å². The lowest BCUT2D eigenvalue weighted by Crippen LogP contribution is -1.94. The molecule has 2 rings (SSSR count). The number of nitrogens with zero attached hydrogens (tertiary/aromatic N) is 1. The van der Waals surface area contributed by atoms with Crippen LogP contribution >= 0.6 is 0 Å². The first-order valence-electron chi connectivity index (χ1n) is 4.75. The Morgan fingerprint density at radius 3 is 2.56 bits per heavy atom. The molecule has 1 aromatic carbocycles. The Morgan fingerprint density at radius 1 is 1.12 bits per heavy atom. The van der Waals surface area contributed by atoms with Crippen molar-refractivity contribution >= 4 is 5.82 Å². The normalized spacial score (nSPS) is 10.4. The predicted molar refractivity (Wildman–Crippen MR) is 58.7 cm³/mol. The fourth-order valence-corrected chi connectivity index (χ4v) is 1.56. The van der Waals surface area contributed by atoms with E-state index in [1.165, 1.54) is 6.20 Å². The molecular formula is C12H10F2N2. The Bertz CT molecular complexity index is 539. The van der Waals surface area contributed by atoms with Gasteiger partial charge in [-0.15, -0.1) is 0 Å². The second-order valence-corrected chi connectivity index (χ2v) is 3.55. The summed E-state index contributed by atoms with van der Waals surface area (Å²) in [5.41, 5.74) is 7.00. The Kier molecular flexibility index (Phi) is 2.56. The first kappa shape index (κ1) is 10.5. The monoisotopic (exact) mass is 220 g/mol. The lowest BCUT2D eigenvalue weighted by Gasteiger charge is -2.07. The number of halogens is 2. The van der Waals surface area contributed by atoms with E-state index in [-0.39, 0.29) is 5.56 Å². The quantitative estimate of drug-likeness (QED) is 0.802. The van der Waals surface area contributed by atoms with Crippen LogP contribution in [0, 0.1) is 18.6 Å². The molecule has 2 nitrogen and oxygen atoms in total. The SMILES string of the molecule is Cc1cc(N)ncc1-c1cc(F)ccc1F. The molecule has 0 aliphatic carbocycles. The van der Waals surface area contributed by atoms with Crippen LogP contribution in [0.15, 0.2) is 30.5 Å². The number of hydrogen-bond donors (Lipinski definition) is 1. The third-order valence-corrected chi connectivity index (χ3v) is 2.35. The van der Waals surface area contributed by atoms with Crippen LogP contribution in [0.25, 0.3) is 11.1 Å². The van der Waals surface area contributed by atoms with Gasteiger partial charge >= 0.3 is 0 Å². The van der Waals surface area contributed by atoms with E-state index in [1.54, 1.807) is 13.0 Å². The molecule has 1 heterocycles. The maximum atomic E-state index is 13.5. The van der Waals surface area contributed by atoms with Crippen molar-refractivity contribution in [2.75, 3.05) is 5.73 Å². The van der Waals surface area contributed by atoms with Gasteiger partial charge in [0.2, 0.25) is 0 Å². The third kappa shape index (κ3) is 1.86. The molecule has 16 heavy (non-hydrogen) atoms. The van der Waals surface area contributed by atoms with Gasteiger partial charge in [-0.2, -0.15) is 0 Å². The highest BCUT2D eigenvalue weighted by atomic mass is 19.1. The Morgan fingerprint density at radius 2 is 1.88 bits per heavy atom. The van der Waals surface area contributed by atoms with Crippen LogP contribution in [0.2, 0.25) is 0 Å². The minimum atomic E-state index is -0.479. The van der Waals surface area contributed by atoms with Crippen LogP contribution < -0.4 is 5.73 Å². The predicted octanol–water partition coefficient (Wildman–Crippen LogP) is 2.92. The number of aryl methyl sites for hydroxylation is 1. The van der Waals surface area contributed by atoms with E-state index in [2.05, 4.69) is 4.98 Å². The topological polar surface area (TPSA) is 38.9 Å². The fraction of sp³-hybridized carbons (Fsp3) is 0.0833. The first-order valence-corrected chi connectivity index (χ1v) is 4.75. The number of nitrogens with two attached hydrogens (primary N) is 1. The van der Waals surface area contributed by atoms with Gasteiger partial charge in [-0.05, 0) is 36.8 Å². The maximum Gasteiger partial charge on any atom is 0.131 e. The van der Waals surface area contributed by atoms with E-state index in [1.807, 2.05) is 0 Å². The number of pyridine rings is 1. The summed E-state index contributed by atoms with van der Waals surface area (Å²) in [6.07, 6.45) is 1.45. The van der Waals surface area contributed by atoms with Crippen molar-refractivity contribution in [1.29, 1.82) is 0 Å². The summed E-state index contributed by atoms with van der Waals surface area (Å²) < 4.78 is 26.5. The van der Waals surface area contributed by atoms with E-state index in [0.717, 1.165) is 23.8 Å². The van der Waals surface area contributed by atoms with Crippen molar-refractivity contribution in [1.82, 2.24) is 4.98 Å². The molecule has 0 bridgehead atoms. The molecule has 0 saturated heterocycles. The summed E-state index contributed by atoms with van der Waals surface area (Å²) in [7, 11) is 0. The highest BCUT2D eigenvalue weighted by Crippen LogP contribution is 2.26. The van der Waals surface area contributed by atoms with Crippen molar-refractivity contribution in [3.05, 3.63) is 47.7 Å². The molecule has 0 fully saturated rings. The van der Waals surface area contributed by atoms with Gasteiger partial charge < -0.3 is 5.73 Å². The molecule has 1 aromatic heterocycles. The number of hydrogen-bond acceptors (Lipinski definition) is 2. The molecule has 0 amide bonds. The molecule has 0 radical (unpaired) electrons. The summed E-state index contributed by atoms with van der Waals surface area (Å²) in [5, 5.41) is 0. The first-order chi connectivity index (χ1) is 7.58. The van der Waals surface area contributed by atoms with Gasteiger partial charge in [-0.25, -0.2) is 13.8 Å². The van der Waals surface area contributed by atoms with Crippen LogP contribution in [0.1, 0.15) is 5.56 Å². The summed E-state index contributed by atoms with van der Waals surface area (Å²) in [6, 6.07) is 4.95. The molecule has 2 N–H and O–H groups in total. The van der Waals surface area contributed by atoms with Crippen molar-refractivity contribution < 1.29 is 8.78 Å². The second-order valence-electron chi connectivity index (χ2n) is 3.55. The van der Waals surface area contributed by atoms with E-state index >= 15 is 0 Å². The maximum absolute atomic E-state index is 13.5. The molecule has 4 heteroatoms. The molecule has 0 aliphatic rings. The number of rotatable bonds is 1. The van der Waals surface area contributed by atoms with Gasteiger partial charge in [0.15, 0.2) is 0 Å². The third-order valence-electron chi connectivity index (χ3n) is 2.35. The van der Waals surface area contributed by atoms with Crippen molar-refractivity contribution in [3.63, 3.8) is 0 Å². The Hall–Kier alpha value is -1.97. The minimum Gasteiger partial charge on any atom is -0.384 e. The molecule has 0 aliphatic heterocycles. The lowest BCUT2D eigenvalue weighted by atomic mass is 10.0. The van der Waals surface area contributed by atoms with Gasteiger partial charge in [-0.1, -0.05) is 0 Å². The van der Waals surface area contributed by atoms with E-state index in [0.29, 0.717) is 11.4 Å². The smallest absolute Gasteiger partial charge is 0.131 e. The summed E-state index contributed by atoms with van der Waals surface area (Å²) in [5.74, 6) is -0.596. The molecule has 0 spiro atoms. The Labute approximate surface area is 91.7 Å². The van der Waals surface area contributed by atoms with E-state index in [9.17, 15) is 8.78 Å². The molecule has 0 saturated carbocycles. The molecule has 0 atom stereocenters. The zero-order chi connectivity index (χ0) is 11.7. The largest absolute Gasteiger partial charge is 0.384 e. The van der Waals surface area contributed by atoms with E-state index in [4.69, 9.17) is 5.73 Å². The van der Waals surface area contributed by atoms with Crippen LogP contribution in [0.3, 0.4) is 0 Å². The zero-order valence-electron chi connectivity index (χ0n) is 8.67. The zero-order valence-corrected chi connectivity index (χ0v) is 8.67. The summed E-state index contributed by atoms with van der Waals surface area (Å²) >= 11 is 0. The van der Waals surface area contributed by atoms with Crippen LogP contribution in [0.5, 0.6) is 0 Å². The van der Waals surface area contributed by atoms with Crippen LogP contribution in [-0.2, 0) is 0 Å². The second kappa shape index (κ2) is 3.89. The number of anilines is 1. The number of aromatic nitrogens is 1. The average molecular weight is 220 g/mol. The van der Waals surface area contributed by atoms with Gasteiger partial charge in [0.25, 0.3) is 0 Å². The molecule has 0 unspecified atom stereocenters. The minimum absolute atomic E-state index is 0.199. The number of benzene rings is 1. The summed E-state index contributed by atoms with van der Waals surface area (Å²) in [4.78, 5) is 3.88. The van der Waals surface area contributed by atoms with Gasteiger partial charge in [0, 0.05) is 17.3 Å². The highest BCUT2D eigenvalue weighted by Gasteiger charge is 2.09. The molecular weight excluding hydrogens is 210 g/mol. The fourth-order valence-electron chi connectivity index (χ4n) is 1.56.